The van der Waals surface area contributed by atoms with E-state index in [1.807, 2.05) is 0 Å². The number of amides is 3. The van der Waals surface area contributed by atoms with Crippen molar-refractivity contribution in [2.24, 2.45) is 5.92 Å². The van der Waals surface area contributed by atoms with Crippen LogP contribution in [0.4, 0.5) is 10.1 Å². The van der Waals surface area contributed by atoms with Gasteiger partial charge < -0.3 is 31.7 Å². The SMILES string of the molecule is O=C(NCCO)C1=C(C(=O)N[C@H]2CC[C@H](C(=O)Nc3ccc(F)cc3Cl)CC2)NCN1. The Balaban J connectivity index is 1.51. The highest BCUT2D eigenvalue weighted by Crippen LogP contribution is 2.28. The van der Waals surface area contributed by atoms with E-state index in [2.05, 4.69) is 26.6 Å². The molecule has 1 aliphatic carbocycles. The Labute approximate surface area is 183 Å². The third-order valence-corrected chi connectivity index (χ3v) is 5.57. The number of rotatable bonds is 7. The van der Waals surface area contributed by atoms with Crippen LogP contribution in [0.1, 0.15) is 25.7 Å². The molecule has 0 unspecified atom stereocenters. The second-order valence-electron chi connectivity index (χ2n) is 7.40. The number of aliphatic hydroxyl groups is 1. The topological polar surface area (TPSA) is 132 Å². The lowest BCUT2D eigenvalue weighted by Gasteiger charge is -2.28. The summed E-state index contributed by atoms with van der Waals surface area (Å²) in [4.78, 5) is 37.2. The molecule has 0 aromatic heterocycles. The molecule has 0 bridgehead atoms. The molecule has 3 amide bonds. The number of anilines is 1. The van der Waals surface area contributed by atoms with Gasteiger partial charge in [0.25, 0.3) is 11.8 Å². The lowest BCUT2D eigenvalue weighted by molar-refractivity contribution is -0.122. The van der Waals surface area contributed by atoms with Gasteiger partial charge in [0.2, 0.25) is 5.91 Å². The fraction of sp³-hybridized carbons (Fsp3) is 0.450. The van der Waals surface area contributed by atoms with Gasteiger partial charge in [-0.15, -0.1) is 0 Å². The second kappa shape index (κ2) is 10.5. The molecule has 1 aromatic rings. The average molecular weight is 454 g/mol. The van der Waals surface area contributed by atoms with E-state index in [0.717, 1.165) is 6.07 Å². The van der Waals surface area contributed by atoms with Crippen molar-refractivity contribution in [1.82, 2.24) is 21.3 Å². The molecular weight excluding hydrogens is 429 g/mol. The molecule has 168 valence electrons. The van der Waals surface area contributed by atoms with Crippen LogP contribution in [-0.4, -0.2) is 48.7 Å². The minimum absolute atomic E-state index is 0.0914. The normalized spacial score (nSPS) is 20.5. The quantitative estimate of drug-likeness (QED) is 0.357. The second-order valence-corrected chi connectivity index (χ2v) is 7.80. The van der Waals surface area contributed by atoms with Crippen molar-refractivity contribution in [3.05, 3.63) is 40.4 Å². The standard InChI is InChI=1S/C20H25ClFN5O4/c21-14-9-12(22)3-6-15(14)27-18(29)11-1-4-13(5-2-11)26-20(31)17-16(24-10-25-17)19(30)23-7-8-28/h3,6,9,11,13,24-25,28H,1-2,4-5,7-8,10H2,(H,23,30)(H,26,31)(H,27,29)/t11-,13-. The molecule has 6 N–H and O–H groups in total. The fourth-order valence-corrected chi connectivity index (χ4v) is 3.84. The van der Waals surface area contributed by atoms with E-state index < -0.39 is 17.6 Å². The summed E-state index contributed by atoms with van der Waals surface area (Å²) in [7, 11) is 0. The predicted octanol–water partition coefficient (Wildman–Crippen LogP) is 0.563. The van der Waals surface area contributed by atoms with Gasteiger partial charge in [-0.2, -0.15) is 0 Å². The molecule has 0 spiro atoms. The first-order valence-electron chi connectivity index (χ1n) is 10.1. The summed E-state index contributed by atoms with van der Waals surface area (Å²) in [6.45, 7) is 0.149. The lowest BCUT2D eigenvalue weighted by atomic mass is 9.85. The van der Waals surface area contributed by atoms with Gasteiger partial charge in [0.05, 0.1) is 24.0 Å². The summed E-state index contributed by atoms with van der Waals surface area (Å²) in [5.41, 5.74) is 0.652. The largest absolute Gasteiger partial charge is 0.395 e. The number of carbonyl (C=O) groups excluding carboxylic acids is 3. The highest BCUT2D eigenvalue weighted by Gasteiger charge is 2.30. The van der Waals surface area contributed by atoms with Crippen molar-refractivity contribution in [3.8, 4) is 0 Å². The highest BCUT2D eigenvalue weighted by molar-refractivity contribution is 6.33. The van der Waals surface area contributed by atoms with E-state index in [1.54, 1.807) is 0 Å². The average Bonchev–Trinajstić information content (AvgIpc) is 3.24. The Hall–Kier alpha value is -2.85. The van der Waals surface area contributed by atoms with Crippen LogP contribution in [0.3, 0.4) is 0 Å². The van der Waals surface area contributed by atoms with Crippen molar-refractivity contribution >= 4 is 35.0 Å². The Kier molecular flexibility index (Phi) is 7.69. The van der Waals surface area contributed by atoms with Gasteiger partial charge in [-0.3, -0.25) is 14.4 Å². The van der Waals surface area contributed by atoms with Crippen LogP contribution in [0.25, 0.3) is 0 Å². The van der Waals surface area contributed by atoms with E-state index in [0.29, 0.717) is 31.4 Å². The number of nitrogens with one attached hydrogen (secondary N) is 5. The van der Waals surface area contributed by atoms with Crippen molar-refractivity contribution < 1.29 is 23.9 Å². The van der Waals surface area contributed by atoms with Crippen LogP contribution in [0.2, 0.25) is 5.02 Å². The van der Waals surface area contributed by atoms with Gasteiger partial charge in [0.1, 0.15) is 17.2 Å². The van der Waals surface area contributed by atoms with Crippen LogP contribution in [-0.2, 0) is 14.4 Å². The first kappa shape index (κ1) is 22.8. The Morgan fingerprint density at radius 2 is 1.77 bits per heavy atom. The number of carbonyl (C=O) groups is 3. The molecule has 31 heavy (non-hydrogen) atoms. The molecule has 11 heteroatoms. The molecular formula is C20H25ClFN5O4. The molecule has 1 aromatic carbocycles. The molecule has 2 aliphatic rings. The van der Waals surface area contributed by atoms with E-state index in [-0.39, 0.29) is 54.1 Å². The van der Waals surface area contributed by atoms with Crippen molar-refractivity contribution in [2.75, 3.05) is 25.1 Å². The summed E-state index contributed by atoms with van der Waals surface area (Å²) in [6.07, 6.45) is 2.36. The maximum absolute atomic E-state index is 13.1. The van der Waals surface area contributed by atoms with Gasteiger partial charge >= 0.3 is 0 Å². The minimum atomic E-state index is -0.477. The van der Waals surface area contributed by atoms with E-state index in [1.165, 1.54) is 12.1 Å². The Bertz CT molecular complexity index is 886. The molecule has 0 radical (unpaired) electrons. The number of aliphatic hydroxyl groups excluding tert-OH is 1. The summed E-state index contributed by atoms with van der Waals surface area (Å²) in [5.74, 6) is -1.77. The van der Waals surface area contributed by atoms with E-state index in [4.69, 9.17) is 16.7 Å². The molecule has 0 atom stereocenters. The number of benzene rings is 1. The van der Waals surface area contributed by atoms with Gasteiger partial charge in [0.15, 0.2) is 0 Å². The summed E-state index contributed by atoms with van der Waals surface area (Å²) < 4.78 is 13.1. The van der Waals surface area contributed by atoms with Crippen LogP contribution >= 0.6 is 11.6 Å². The maximum atomic E-state index is 13.1. The van der Waals surface area contributed by atoms with E-state index in [9.17, 15) is 18.8 Å². The first-order chi connectivity index (χ1) is 14.9. The molecule has 1 saturated carbocycles. The Morgan fingerprint density at radius 3 is 2.42 bits per heavy atom. The van der Waals surface area contributed by atoms with Crippen LogP contribution in [0.15, 0.2) is 29.6 Å². The first-order valence-corrected chi connectivity index (χ1v) is 10.4. The van der Waals surface area contributed by atoms with Crippen molar-refractivity contribution in [2.45, 2.75) is 31.7 Å². The highest BCUT2D eigenvalue weighted by atomic mass is 35.5. The zero-order valence-corrected chi connectivity index (χ0v) is 17.5. The number of hydrogen-bond donors (Lipinski definition) is 6. The molecule has 3 rings (SSSR count). The maximum Gasteiger partial charge on any atom is 0.269 e. The number of halogens is 2. The minimum Gasteiger partial charge on any atom is -0.395 e. The summed E-state index contributed by atoms with van der Waals surface area (Å²) in [5, 5.41) is 22.8. The fourth-order valence-electron chi connectivity index (χ4n) is 3.63. The van der Waals surface area contributed by atoms with Crippen LogP contribution < -0.4 is 26.6 Å². The number of hydrogen-bond acceptors (Lipinski definition) is 6. The molecule has 1 heterocycles. The van der Waals surface area contributed by atoms with Crippen molar-refractivity contribution in [3.63, 3.8) is 0 Å². The van der Waals surface area contributed by atoms with E-state index >= 15 is 0 Å². The monoisotopic (exact) mass is 453 g/mol. The van der Waals surface area contributed by atoms with Crippen molar-refractivity contribution in [1.29, 1.82) is 0 Å². The molecule has 9 nitrogen and oxygen atoms in total. The smallest absolute Gasteiger partial charge is 0.269 e. The third-order valence-electron chi connectivity index (χ3n) is 5.25. The molecule has 0 saturated heterocycles. The van der Waals surface area contributed by atoms with Gasteiger partial charge in [-0.25, -0.2) is 4.39 Å². The predicted molar refractivity (Wildman–Crippen MR) is 112 cm³/mol. The zero-order valence-electron chi connectivity index (χ0n) is 16.8. The van der Waals surface area contributed by atoms with Crippen LogP contribution in [0.5, 0.6) is 0 Å². The third kappa shape index (κ3) is 5.86. The molecule has 1 fully saturated rings. The zero-order chi connectivity index (χ0) is 22.4. The van der Waals surface area contributed by atoms with Crippen LogP contribution in [0, 0.1) is 11.7 Å². The Morgan fingerprint density at radius 1 is 1.10 bits per heavy atom. The van der Waals surface area contributed by atoms with Gasteiger partial charge in [0, 0.05) is 18.5 Å². The summed E-state index contributed by atoms with van der Waals surface area (Å²) >= 11 is 5.96. The van der Waals surface area contributed by atoms with Gasteiger partial charge in [-0.1, -0.05) is 11.6 Å². The van der Waals surface area contributed by atoms with Gasteiger partial charge in [-0.05, 0) is 43.9 Å². The lowest BCUT2D eigenvalue weighted by Crippen LogP contribution is -2.42. The molecule has 1 aliphatic heterocycles. The summed E-state index contributed by atoms with van der Waals surface area (Å²) in [6, 6.07) is 3.67.